The molecule has 0 aliphatic heterocycles. The summed E-state index contributed by atoms with van der Waals surface area (Å²) in [6.45, 7) is 7.05. The Morgan fingerprint density at radius 3 is 2.79 bits per heavy atom. The van der Waals surface area contributed by atoms with Gasteiger partial charge in [-0.1, -0.05) is 19.9 Å². The zero-order valence-corrected chi connectivity index (χ0v) is 12.5. The van der Waals surface area contributed by atoms with Crippen molar-refractivity contribution in [3.8, 4) is 0 Å². The maximum absolute atomic E-state index is 11.7. The van der Waals surface area contributed by atoms with Gasteiger partial charge in [0.2, 0.25) is 0 Å². The Kier molecular flexibility index (Phi) is 3.87. The first kappa shape index (κ1) is 14.3. The Hall–Kier alpha value is -1.07. The molecule has 0 radical (unpaired) electrons. The highest BCUT2D eigenvalue weighted by atomic mass is 32.1. The Balaban J connectivity index is 1.71. The third-order valence-corrected chi connectivity index (χ3v) is 4.99. The van der Waals surface area contributed by atoms with Crippen molar-refractivity contribution in [2.24, 2.45) is 11.3 Å². The highest BCUT2D eigenvalue weighted by Crippen LogP contribution is 2.50. The van der Waals surface area contributed by atoms with Gasteiger partial charge in [0.15, 0.2) is 0 Å². The van der Waals surface area contributed by atoms with E-state index < -0.39 is 5.60 Å². The molecule has 0 saturated heterocycles. The minimum Gasteiger partial charge on any atom is -0.383 e. The number of thiophene rings is 1. The number of carbonyl (C=O) groups excluding carboxylic acids is 1. The van der Waals surface area contributed by atoms with Crippen molar-refractivity contribution in [2.75, 3.05) is 13.1 Å². The van der Waals surface area contributed by atoms with Crippen LogP contribution in [-0.4, -0.2) is 24.2 Å². The molecule has 5 heteroatoms. The molecule has 1 aromatic heterocycles. The Labute approximate surface area is 118 Å². The summed E-state index contributed by atoms with van der Waals surface area (Å²) in [6, 6.07) is 3.56. The van der Waals surface area contributed by atoms with Gasteiger partial charge in [0.1, 0.15) is 5.60 Å². The van der Waals surface area contributed by atoms with Crippen molar-refractivity contribution in [3.63, 3.8) is 0 Å². The molecule has 1 heterocycles. The molecule has 0 bridgehead atoms. The van der Waals surface area contributed by atoms with E-state index in [9.17, 15) is 9.90 Å². The van der Waals surface area contributed by atoms with Crippen LogP contribution < -0.4 is 10.6 Å². The van der Waals surface area contributed by atoms with Crippen molar-refractivity contribution in [1.82, 2.24) is 10.6 Å². The molecule has 4 nitrogen and oxygen atoms in total. The van der Waals surface area contributed by atoms with E-state index in [1.54, 1.807) is 6.92 Å². The zero-order chi connectivity index (χ0) is 14.1. The van der Waals surface area contributed by atoms with E-state index in [2.05, 4.69) is 24.5 Å². The highest BCUT2D eigenvalue weighted by Gasteiger charge is 2.45. The van der Waals surface area contributed by atoms with Crippen molar-refractivity contribution in [2.45, 2.75) is 32.8 Å². The van der Waals surface area contributed by atoms with Crippen LogP contribution in [0.4, 0.5) is 4.79 Å². The van der Waals surface area contributed by atoms with E-state index in [0.717, 1.165) is 4.88 Å². The minimum atomic E-state index is -1.01. The Morgan fingerprint density at radius 1 is 1.58 bits per heavy atom. The van der Waals surface area contributed by atoms with Gasteiger partial charge in [-0.15, -0.1) is 11.3 Å². The van der Waals surface area contributed by atoms with E-state index in [1.807, 2.05) is 17.5 Å². The molecule has 3 N–H and O–H groups in total. The van der Waals surface area contributed by atoms with Crippen molar-refractivity contribution < 1.29 is 9.90 Å². The maximum Gasteiger partial charge on any atom is 0.314 e. The molecule has 1 aliphatic carbocycles. The van der Waals surface area contributed by atoms with Crippen LogP contribution in [0.5, 0.6) is 0 Å². The maximum atomic E-state index is 11.7. The van der Waals surface area contributed by atoms with E-state index in [-0.39, 0.29) is 12.6 Å². The second-order valence-corrected chi connectivity index (χ2v) is 7.15. The number of rotatable bonds is 5. The van der Waals surface area contributed by atoms with Gasteiger partial charge in [-0.05, 0) is 36.1 Å². The standard InChI is InChI=1S/C14H22N2O2S/c1-13(2)7-10(13)8-15-12(17)16-9-14(3,18)11-5-4-6-19-11/h4-6,10,18H,7-9H2,1-3H3,(H2,15,16,17)/t10-,14+/m1/s1. The average molecular weight is 282 g/mol. The largest absolute Gasteiger partial charge is 0.383 e. The van der Waals surface area contributed by atoms with Gasteiger partial charge < -0.3 is 15.7 Å². The molecule has 0 spiro atoms. The predicted octanol–water partition coefficient (Wildman–Crippen LogP) is 2.30. The third-order valence-electron chi connectivity index (χ3n) is 3.87. The van der Waals surface area contributed by atoms with E-state index >= 15 is 0 Å². The topological polar surface area (TPSA) is 61.4 Å². The second kappa shape index (κ2) is 5.13. The predicted molar refractivity (Wildman–Crippen MR) is 77.2 cm³/mol. The quantitative estimate of drug-likeness (QED) is 0.776. The summed E-state index contributed by atoms with van der Waals surface area (Å²) in [6.07, 6.45) is 1.17. The molecule has 0 unspecified atom stereocenters. The fourth-order valence-electron chi connectivity index (χ4n) is 2.13. The first-order valence-corrected chi connectivity index (χ1v) is 7.47. The normalized spacial score (nSPS) is 23.5. The van der Waals surface area contributed by atoms with Crippen LogP contribution >= 0.6 is 11.3 Å². The monoisotopic (exact) mass is 282 g/mol. The summed E-state index contributed by atoms with van der Waals surface area (Å²) < 4.78 is 0. The van der Waals surface area contributed by atoms with Crippen molar-refractivity contribution in [1.29, 1.82) is 0 Å². The van der Waals surface area contributed by atoms with Gasteiger partial charge in [0.05, 0.1) is 6.54 Å². The average Bonchev–Trinajstić information content (AvgIpc) is 2.79. The van der Waals surface area contributed by atoms with Crippen LogP contribution in [0.15, 0.2) is 17.5 Å². The highest BCUT2D eigenvalue weighted by molar-refractivity contribution is 7.10. The first-order chi connectivity index (χ1) is 8.81. The number of amides is 2. The first-order valence-electron chi connectivity index (χ1n) is 6.59. The lowest BCUT2D eigenvalue weighted by Crippen LogP contribution is -2.43. The lowest BCUT2D eigenvalue weighted by Gasteiger charge is -2.22. The molecule has 1 aromatic rings. The number of nitrogens with one attached hydrogen (secondary N) is 2. The van der Waals surface area contributed by atoms with Crippen LogP contribution in [0.1, 0.15) is 32.1 Å². The summed E-state index contributed by atoms with van der Waals surface area (Å²) in [5.74, 6) is 0.580. The Bertz CT molecular complexity index is 440. The summed E-state index contributed by atoms with van der Waals surface area (Å²) >= 11 is 1.49. The SMILES string of the molecule is CC1(C)C[C@@H]1CNC(=O)NC[C@](C)(O)c1cccs1. The molecule has 2 amide bonds. The lowest BCUT2D eigenvalue weighted by molar-refractivity contribution is 0.0631. The lowest BCUT2D eigenvalue weighted by atomic mass is 10.1. The van der Waals surface area contributed by atoms with Gasteiger partial charge in [0.25, 0.3) is 0 Å². The van der Waals surface area contributed by atoms with Gasteiger partial charge >= 0.3 is 6.03 Å². The van der Waals surface area contributed by atoms with Crippen LogP contribution in [-0.2, 0) is 5.60 Å². The summed E-state index contributed by atoms with van der Waals surface area (Å²) in [4.78, 5) is 12.5. The minimum absolute atomic E-state index is 0.209. The molecule has 19 heavy (non-hydrogen) atoms. The van der Waals surface area contributed by atoms with E-state index in [0.29, 0.717) is 17.9 Å². The molecule has 1 saturated carbocycles. The number of urea groups is 1. The molecular formula is C14H22N2O2S. The number of hydrogen-bond acceptors (Lipinski definition) is 3. The number of aliphatic hydroxyl groups is 1. The van der Waals surface area contributed by atoms with Crippen LogP contribution in [0.3, 0.4) is 0 Å². The van der Waals surface area contributed by atoms with Gasteiger partial charge in [-0.25, -0.2) is 4.79 Å². The van der Waals surface area contributed by atoms with Crippen LogP contribution in [0.25, 0.3) is 0 Å². The van der Waals surface area contributed by atoms with Gasteiger partial charge in [-0.2, -0.15) is 0 Å². The van der Waals surface area contributed by atoms with Crippen molar-refractivity contribution in [3.05, 3.63) is 22.4 Å². The summed E-state index contributed by atoms with van der Waals surface area (Å²) in [7, 11) is 0. The number of carbonyl (C=O) groups is 1. The van der Waals surface area contributed by atoms with Gasteiger partial charge in [0, 0.05) is 11.4 Å². The molecule has 2 rings (SSSR count). The molecule has 106 valence electrons. The number of hydrogen-bond donors (Lipinski definition) is 3. The van der Waals surface area contributed by atoms with Crippen LogP contribution in [0.2, 0.25) is 0 Å². The molecular weight excluding hydrogens is 260 g/mol. The molecule has 2 atom stereocenters. The zero-order valence-electron chi connectivity index (χ0n) is 11.7. The molecule has 1 fully saturated rings. The smallest absolute Gasteiger partial charge is 0.314 e. The van der Waals surface area contributed by atoms with E-state index in [4.69, 9.17) is 0 Å². The fourth-order valence-corrected chi connectivity index (χ4v) is 2.91. The van der Waals surface area contributed by atoms with Crippen molar-refractivity contribution >= 4 is 17.4 Å². The summed E-state index contributed by atoms with van der Waals surface area (Å²) in [5, 5.41) is 17.8. The fraction of sp³-hybridized carbons (Fsp3) is 0.643. The molecule has 1 aliphatic rings. The Morgan fingerprint density at radius 2 is 2.26 bits per heavy atom. The molecule has 0 aromatic carbocycles. The van der Waals surface area contributed by atoms with Gasteiger partial charge in [-0.3, -0.25) is 0 Å². The van der Waals surface area contributed by atoms with E-state index in [1.165, 1.54) is 17.8 Å². The third kappa shape index (κ3) is 3.70. The van der Waals surface area contributed by atoms with Crippen LogP contribution in [0, 0.1) is 11.3 Å². The second-order valence-electron chi connectivity index (χ2n) is 6.20. The summed E-state index contributed by atoms with van der Waals surface area (Å²) in [5.41, 5.74) is -0.639.